The molecule has 0 N–H and O–H groups in total. The number of rotatable bonds is 6. The molecule has 0 spiro atoms. The second kappa shape index (κ2) is 6.21. The zero-order valence-corrected chi connectivity index (χ0v) is 10.2. The number of benzene rings is 1. The summed E-state index contributed by atoms with van der Waals surface area (Å²) in [5.41, 5.74) is 1.09. The molecule has 0 unspecified atom stereocenters. The van der Waals surface area contributed by atoms with E-state index in [1.165, 1.54) is 0 Å². The molecule has 0 aliphatic rings. The molecule has 0 fully saturated rings. The summed E-state index contributed by atoms with van der Waals surface area (Å²) in [6.45, 7) is 11.0. The first-order valence-corrected chi connectivity index (χ1v) is 5.58. The van der Waals surface area contributed by atoms with Gasteiger partial charge in [0.05, 0.1) is 13.2 Å². The second-order valence-electron chi connectivity index (χ2n) is 3.45. The van der Waals surface area contributed by atoms with Crippen LogP contribution in [-0.4, -0.2) is 13.2 Å². The highest BCUT2D eigenvalue weighted by molar-refractivity contribution is 5.46. The summed E-state index contributed by atoms with van der Waals surface area (Å²) in [4.78, 5) is 0. The maximum Gasteiger partial charge on any atom is 0.123 e. The quantitative estimate of drug-likeness (QED) is 0.727. The fourth-order valence-corrected chi connectivity index (χ4v) is 1.42. The van der Waals surface area contributed by atoms with Gasteiger partial charge in [-0.3, -0.25) is 0 Å². The van der Waals surface area contributed by atoms with Crippen molar-refractivity contribution >= 4 is 0 Å². The maximum absolute atomic E-state index is 5.50. The van der Waals surface area contributed by atoms with Crippen molar-refractivity contribution in [3.63, 3.8) is 0 Å². The zero-order valence-electron chi connectivity index (χ0n) is 10.2. The molecular weight excluding hydrogens is 200 g/mol. The van der Waals surface area contributed by atoms with E-state index < -0.39 is 0 Å². The minimum Gasteiger partial charge on any atom is -0.494 e. The topological polar surface area (TPSA) is 18.5 Å². The van der Waals surface area contributed by atoms with Gasteiger partial charge in [-0.1, -0.05) is 13.0 Å². The van der Waals surface area contributed by atoms with E-state index in [1.807, 2.05) is 45.0 Å². The Morgan fingerprint density at radius 2 is 1.62 bits per heavy atom. The van der Waals surface area contributed by atoms with Crippen molar-refractivity contribution in [3.05, 3.63) is 42.3 Å². The molecular formula is C14H19O2. The average molecular weight is 219 g/mol. The van der Waals surface area contributed by atoms with Crippen LogP contribution in [0.4, 0.5) is 0 Å². The van der Waals surface area contributed by atoms with Crippen LogP contribution in [0.25, 0.3) is 0 Å². The van der Waals surface area contributed by atoms with E-state index in [2.05, 4.69) is 6.58 Å². The summed E-state index contributed by atoms with van der Waals surface area (Å²) in [5, 5.41) is 0. The highest BCUT2D eigenvalue weighted by Gasteiger charge is 2.07. The van der Waals surface area contributed by atoms with E-state index in [0.717, 1.165) is 23.0 Å². The standard InChI is InChI=1S/C14H19O2/c1-5-11(4)12-8-13(15-6-2)10-14(9-12)16-7-3/h5,8-10H,1,6-7H2,2-4H3. The van der Waals surface area contributed by atoms with Gasteiger partial charge in [0.25, 0.3) is 0 Å². The number of hydrogen-bond acceptors (Lipinski definition) is 2. The molecule has 0 bridgehead atoms. The number of hydrogen-bond donors (Lipinski definition) is 0. The third-order valence-electron chi connectivity index (χ3n) is 2.26. The van der Waals surface area contributed by atoms with Crippen LogP contribution >= 0.6 is 0 Å². The van der Waals surface area contributed by atoms with Gasteiger partial charge in [0.2, 0.25) is 0 Å². The molecule has 1 aromatic carbocycles. The van der Waals surface area contributed by atoms with E-state index in [0.29, 0.717) is 13.2 Å². The predicted octanol–water partition coefficient (Wildman–Crippen LogP) is 3.61. The lowest BCUT2D eigenvalue weighted by molar-refractivity contribution is 0.323. The molecule has 1 radical (unpaired) electrons. The van der Waals surface area contributed by atoms with Crippen LogP contribution in [0.2, 0.25) is 0 Å². The van der Waals surface area contributed by atoms with Crippen LogP contribution in [-0.2, 0) is 0 Å². The van der Waals surface area contributed by atoms with Crippen molar-refractivity contribution in [2.75, 3.05) is 13.2 Å². The fraction of sp³-hybridized carbons (Fsp3) is 0.357. The van der Waals surface area contributed by atoms with Crippen LogP contribution in [0.1, 0.15) is 26.3 Å². The first kappa shape index (κ1) is 12.6. The first-order valence-electron chi connectivity index (χ1n) is 5.58. The Labute approximate surface area is 97.9 Å². The number of ether oxygens (including phenoxy) is 2. The summed E-state index contributed by atoms with van der Waals surface area (Å²) < 4.78 is 11.0. The average Bonchev–Trinajstić information content (AvgIpc) is 2.28. The van der Waals surface area contributed by atoms with Gasteiger partial charge in [-0.05, 0) is 31.5 Å². The van der Waals surface area contributed by atoms with Gasteiger partial charge < -0.3 is 9.47 Å². The van der Waals surface area contributed by atoms with Crippen molar-refractivity contribution < 1.29 is 9.47 Å². The molecule has 0 saturated carbocycles. The molecule has 2 heteroatoms. The normalized spacial score (nSPS) is 10.2. The molecule has 0 atom stereocenters. The zero-order chi connectivity index (χ0) is 12.0. The van der Waals surface area contributed by atoms with Gasteiger partial charge in [-0.2, -0.15) is 0 Å². The molecule has 0 heterocycles. The smallest absolute Gasteiger partial charge is 0.123 e. The third kappa shape index (κ3) is 3.30. The van der Waals surface area contributed by atoms with Crippen LogP contribution in [0.5, 0.6) is 11.5 Å². The molecule has 0 aliphatic carbocycles. The van der Waals surface area contributed by atoms with Crippen molar-refractivity contribution in [2.24, 2.45) is 0 Å². The molecule has 0 aromatic heterocycles. The Morgan fingerprint density at radius 3 is 2.00 bits per heavy atom. The van der Waals surface area contributed by atoms with Gasteiger partial charge in [0.1, 0.15) is 11.5 Å². The van der Waals surface area contributed by atoms with Crippen molar-refractivity contribution in [3.8, 4) is 11.5 Å². The summed E-state index contributed by atoms with van der Waals surface area (Å²) in [5.74, 6) is 2.79. The Morgan fingerprint density at radius 1 is 1.12 bits per heavy atom. The molecule has 0 saturated heterocycles. The summed E-state index contributed by atoms with van der Waals surface area (Å²) in [6, 6.07) is 5.92. The van der Waals surface area contributed by atoms with Crippen molar-refractivity contribution in [1.29, 1.82) is 0 Å². The monoisotopic (exact) mass is 219 g/mol. The maximum atomic E-state index is 5.50. The number of allylic oxidation sites excluding steroid dienone is 1. The molecule has 87 valence electrons. The lowest BCUT2D eigenvalue weighted by atomic mass is 10.0. The highest BCUT2D eigenvalue weighted by atomic mass is 16.5. The summed E-state index contributed by atoms with van der Waals surface area (Å²) in [6.07, 6.45) is 1.83. The fourth-order valence-electron chi connectivity index (χ4n) is 1.42. The molecule has 1 aromatic rings. The highest BCUT2D eigenvalue weighted by Crippen LogP contribution is 2.27. The van der Waals surface area contributed by atoms with Gasteiger partial charge in [0.15, 0.2) is 0 Å². The molecule has 16 heavy (non-hydrogen) atoms. The lowest BCUT2D eigenvalue weighted by Crippen LogP contribution is -1.98. The minimum absolute atomic E-state index is 0.655. The van der Waals surface area contributed by atoms with Gasteiger partial charge in [-0.15, -0.1) is 6.58 Å². The SMILES string of the molecule is C=C[C](C)c1cc(OCC)cc(OCC)c1. The Hall–Kier alpha value is -1.44. The second-order valence-corrected chi connectivity index (χ2v) is 3.45. The van der Waals surface area contributed by atoms with Crippen molar-refractivity contribution in [1.82, 2.24) is 0 Å². The Bertz CT molecular complexity index is 320. The molecule has 0 aliphatic heterocycles. The Kier molecular flexibility index (Phi) is 4.90. The van der Waals surface area contributed by atoms with Gasteiger partial charge in [0, 0.05) is 12.0 Å². The van der Waals surface area contributed by atoms with E-state index >= 15 is 0 Å². The van der Waals surface area contributed by atoms with Crippen LogP contribution in [0.15, 0.2) is 30.9 Å². The summed E-state index contributed by atoms with van der Waals surface area (Å²) >= 11 is 0. The predicted molar refractivity (Wildman–Crippen MR) is 67.0 cm³/mol. The summed E-state index contributed by atoms with van der Waals surface area (Å²) in [7, 11) is 0. The molecule has 0 amide bonds. The van der Waals surface area contributed by atoms with E-state index in [4.69, 9.17) is 9.47 Å². The van der Waals surface area contributed by atoms with Crippen molar-refractivity contribution in [2.45, 2.75) is 20.8 Å². The van der Waals surface area contributed by atoms with Crippen LogP contribution in [0.3, 0.4) is 0 Å². The van der Waals surface area contributed by atoms with E-state index in [1.54, 1.807) is 0 Å². The van der Waals surface area contributed by atoms with Gasteiger partial charge in [-0.25, -0.2) is 0 Å². The van der Waals surface area contributed by atoms with E-state index in [-0.39, 0.29) is 0 Å². The van der Waals surface area contributed by atoms with Gasteiger partial charge >= 0.3 is 0 Å². The first-order chi connectivity index (χ1) is 7.71. The van der Waals surface area contributed by atoms with Crippen LogP contribution in [0, 0.1) is 5.92 Å². The molecule has 1 rings (SSSR count). The van der Waals surface area contributed by atoms with Crippen LogP contribution < -0.4 is 9.47 Å². The Balaban J connectivity index is 3.02. The molecule has 2 nitrogen and oxygen atoms in total. The van der Waals surface area contributed by atoms with E-state index in [9.17, 15) is 0 Å². The minimum atomic E-state index is 0.655. The largest absolute Gasteiger partial charge is 0.494 e. The lowest BCUT2D eigenvalue weighted by Gasteiger charge is -2.12. The third-order valence-corrected chi connectivity index (χ3v) is 2.26.